The van der Waals surface area contributed by atoms with Gasteiger partial charge in [-0.2, -0.15) is 0 Å². The fourth-order valence-corrected chi connectivity index (χ4v) is 3.69. The molecule has 168 valence electrons. The highest BCUT2D eigenvalue weighted by Crippen LogP contribution is 2.32. The molecule has 31 heavy (non-hydrogen) atoms. The molecule has 8 nitrogen and oxygen atoms in total. The summed E-state index contributed by atoms with van der Waals surface area (Å²) < 4.78 is 16.5. The summed E-state index contributed by atoms with van der Waals surface area (Å²) in [5.41, 5.74) is 3.32. The normalized spacial score (nSPS) is 15.9. The van der Waals surface area contributed by atoms with Gasteiger partial charge >= 0.3 is 0 Å². The highest BCUT2D eigenvalue weighted by molar-refractivity contribution is 5.79. The van der Waals surface area contributed by atoms with Gasteiger partial charge in [0.25, 0.3) is 0 Å². The van der Waals surface area contributed by atoms with E-state index in [1.165, 1.54) is 0 Å². The molecule has 0 aliphatic carbocycles. The smallest absolute Gasteiger partial charge is 0.191 e. The van der Waals surface area contributed by atoms with E-state index in [2.05, 4.69) is 44.6 Å². The number of aromatic nitrogens is 1. The number of aliphatic imine (C=N–C) groups is 1. The fourth-order valence-electron chi connectivity index (χ4n) is 3.69. The zero-order valence-corrected chi connectivity index (χ0v) is 18.9. The van der Waals surface area contributed by atoms with Crippen molar-refractivity contribution in [2.24, 2.45) is 4.99 Å². The number of benzene rings is 1. The van der Waals surface area contributed by atoms with Crippen molar-refractivity contribution in [3.05, 3.63) is 53.3 Å². The first-order chi connectivity index (χ1) is 15.2. The molecule has 2 aromatic rings. The Morgan fingerprint density at radius 2 is 1.94 bits per heavy atom. The fraction of sp³-hybridized carbons (Fsp3) is 0.478. The van der Waals surface area contributed by atoms with Gasteiger partial charge in [0.1, 0.15) is 0 Å². The van der Waals surface area contributed by atoms with Crippen molar-refractivity contribution in [1.82, 2.24) is 20.5 Å². The molecule has 1 atom stereocenters. The van der Waals surface area contributed by atoms with Crippen LogP contribution in [0.2, 0.25) is 0 Å². The summed E-state index contributed by atoms with van der Waals surface area (Å²) in [5.74, 6) is 2.19. The van der Waals surface area contributed by atoms with Crippen molar-refractivity contribution in [3.63, 3.8) is 0 Å². The number of morpholine rings is 1. The summed E-state index contributed by atoms with van der Waals surface area (Å²) in [7, 11) is 5.09. The van der Waals surface area contributed by atoms with E-state index in [1.807, 2.05) is 24.4 Å². The lowest BCUT2D eigenvalue weighted by molar-refractivity contribution is 0.0169. The van der Waals surface area contributed by atoms with Gasteiger partial charge in [0.2, 0.25) is 0 Å². The lowest BCUT2D eigenvalue weighted by Crippen LogP contribution is -2.46. The third kappa shape index (κ3) is 6.08. The lowest BCUT2D eigenvalue weighted by Gasteiger charge is -2.35. The van der Waals surface area contributed by atoms with Crippen molar-refractivity contribution < 1.29 is 14.2 Å². The molecule has 0 bridgehead atoms. The minimum Gasteiger partial charge on any atom is -0.493 e. The summed E-state index contributed by atoms with van der Waals surface area (Å²) in [6, 6.07) is 10.2. The van der Waals surface area contributed by atoms with Crippen LogP contribution in [0.4, 0.5) is 0 Å². The zero-order valence-electron chi connectivity index (χ0n) is 18.9. The summed E-state index contributed by atoms with van der Waals surface area (Å²) in [6.07, 6.45) is 1.81. The molecular formula is C23H33N5O3. The quantitative estimate of drug-likeness (QED) is 0.494. The molecule has 0 spiro atoms. The Morgan fingerprint density at radius 1 is 1.16 bits per heavy atom. The maximum atomic E-state index is 5.56. The van der Waals surface area contributed by atoms with Gasteiger partial charge in [-0.05, 0) is 36.2 Å². The molecule has 0 saturated carbocycles. The molecule has 8 heteroatoms. The van der Waals surface area contributed by atoms with Crippen LogP contribution in [-0.4, -0.2) is 70.0 Å². The number of ether oxygens (including phenoxy) is 3. The van der Waals surface area contributed by atoms with Crippen LogP contribution in [0.3, 0.4) is 0 Å². The maximum absolute atomic E-state index is 5.56. The molecule has 1 aliphatic rings. The second kappa shape index (κ2) is 11.5. The number of nitrogens with zero attached hydrogens (tertiary/aromatic N) is 3. The van der Waals surface area contributed by atoms with Gasteiger partial charge in [-0.3, -0.25) is 14.9 Å². The van der Waals surface area contributed by atoms with Crippen LogP contribution in [0.25, 0.3) is 0 Å². The molecule has 1 fully saturated rings. The Balaban J connectivity index is 1.71. The SMILES string of the molecule is CN=C(NCc1ncccc1C)NCC(c1ccc(OC)c(OC)c1)N1CCOCC1. The summed E-state index contributed by atoms with van der Waals surface area (Å²) >= 11 is 0. The standard InChI is InChI=1S/C23H33N5O3/c1-17-6-5-9-25-19(17)15-26-23(24-2)27-16-20(28-10-12-31-13-11-28)18-7-8-21(29-3)22(14-18)30-4/h5-9,14,20H,10-13,15-16H2,1-4H3,(H2,24,26,27). The zero-order chi connectivity index (χ0) is 22.1. The molecule has 0 amide bonds. The monoisotopic (exact) mass is 427 g/mol. The van der Waals surface area contributed by atoms with E-state index in [-0.39, 0.29) is 6.04 Å². The van der Waals surface area contributed by atoms with Crippen LogP contribution in [-0.2, 0) is 11.3 Å². The van der Waals surface area contributed by atoms with Gasteiger partial charge in [0.15, 0.2) is 17.5 Å². The first-order valence-corrected chi connectivity index (χ1v) is 10.5. The van der Waals surface area contributed by atoms with E-state index >= 15 is 0 Å². The van der Waals surface area contributed by atoms with Crippen LogP contribution in [0.5, 0.6) is 11.5 Å². The molecule has 3 rings (SSSR count). The number of methoxy groups -OCH3 is 2. The van der Waals surface area contributed by atoms with E-state index in [9.17, 15) is 0 Å². The van der Waals surface area contributed by atoms with Crippen molar-refractivity contribution >= 4 is 5.96 Å². The topological polar surface area (TPSA) is 80.2 Å². The molecule has 1 aromatic heterocycles. The second-order valence-corrected chi connectivity index (χ2v) is 7.35. The predicted molar refractivity (Wildman–Crippen MR) is 122 cm³/mol. The van der Waals surface area contributed by atoms with Gasteiger partial charge in [0.05, 0.1) is 45.7 Å². The summed E-state index contributed by atoms with van der Waals surface area (Å²) in [6.45, 7) is 6.58. The van der Waals surface area contributed by atoms with Crippen LogP contribution in [0.15, 0.2) is 41.5 Å². The first kappa shape index (κ1) is 22.8. The minimum absolute atomic E-state index is 0.138. The minimum atomic E-state index is 0.138. The Kier molecular flexibility index (Phi) is 8.49. The van der Waals surface area contributed by atoms with Crippen molar-refractivity contribution in [1.29, 1.82) is 0 Å². The second-order valence-electron chi connectivity index (χ2n) is 7.35. The van der Waals surface area contributed by atoms with Gasteiger partial charge in [-0.25, -0.2) is 0 Å². The summed E-state index contributed by atoms with van der Waals surface area (Å²) in [4.78, 5) is 11.3. The number of nitrogens with one attached hydrogen (secondary N) is 2. The highest BCUT2D eigenvalue weighted by atomic mass is 16.5. The Hall–Kier alpha value is -2.84. The number of guanidine groups is 1. The van der Waals surface area contributed by atoms with Crippen molar-refractivity contribution in [2.45, 2.75) is 19.5 Å². The Morgan fingerprint density at radius 3 is 2.61 bits per heavy atom. The molecule has 0 radical (unpaired) electrons. The summed E-state index contributed by atoms with van der Waals surface area (Å²) in [5, 5.41) is 6.84. The maximum Gasteiger partial charge on any atom is 0.191 e. The van der Waals surface area contributed by atoms with Crippen molar-refractivity contribution in [3.8, 4) is 11.5 Å². The molecule has 2 heterocycles. The largest absolute Gasteiger partial charge is 0.493 e. The number of hydrogen-bond acceptors (Lipinski definition) is 6. The Bertz CT molecular complexity index is 868. The van der Waals surface area contributed by atoms with Crippen LogP contribution in [0, 0.1) is 6.92 Å². The van der Waals surface area contributed by atoms with E-state index in [4.69, 9.17) is 14.2 Å². The average Bonchev–Trinajstić information content (AvgIpc) is 2.82. The number of pyridine rings is 1. The molecule has 1 unspecified atom stereocenters. The van der Waals surface area contributed by atoms with Gasteiger partial charge in [0, 0.05) is 32.9 Å². The number of aryl methyl sites for hydroxylation is 1. The van der Waals surface area contributed by atoms with E-state index < -0.39 is 0 Å². The number of rotatable bonds is 8. The Labute approximate surface area is 184 Å². The third-order valence-corrected chi connectivity index (χ3v) is 5.51. The van der Waals surface area contributed by atoms with Crippen LogP contribution >= 0.6 is 0 Å². The average molecular weight is 428 g/mol. The van der Waals surface area contributed by atoms with E-state index in [0.717, 1.165) is 60.6 Å². The molecular weight excluding hydrogens is 394 g/mol. The lowest BCUT2D eigenvalue weighted by atomic mass is 10.0. The van der Waals surface area contributed by atoms with Crippen LogP contribution < -0.4 is 20.1 Å². The molecule has 1 aliphatic heterocycles. The van der Waals surface area contributed by atoms with Crippen LogP contribution in [0.1, 0.15) is 22.9 Å². The first-order valence-electron chi connectivity index (χ1n) is 10.5. The van der Waals surface area contributed by atoms with Crippen molar-refractivity contribution in [2.75, 3.05) is 54.1 Å². The number of hydrogen-bond donors (Lipinski definition) is 2. The van der Waals surface area contributed by atoms with Gasteiger partial charge in [-0.15, -0.1) is 0 Å². The predicted octanol–water partition coefficient (Wildman–Crippen LogP) is 2.15. The van der Waals surface area contributed by atoms with E-state index in [1.54, 1.807) is 21.3 Å². The molecule has 1 saturated heterocycles. The van der Waals surface area contributed by atoms with Gasteiger partial charge in [-0.1, -0.05) is 12.1 Å². The highest BCUT2D eigenvalue weighted by Gasteiger charge is 2.24. The van der Waals surface area contributed by atoms with Gasteiger partial charge < -0.3 is 24.8 Å². The molecule has 1 aromatic carbocycles. The molecule has 2 N–H and O–H groups in total. The third-order valence-electron chi connectivity index (χ3n) is 5.51. The van der Waals surface area contributed by atoms with E-state index in [0.29, 0.717) is 13.1 Å².